The van der Waals surface area contributed by atoms with E-state index in [4.69, 9.17) is 32.7 Å². The van der Waals surface area contributed by atoms with Crippen LogP contribution in [-0.4, -0.2) is 55.2 Å². The van der Waals surface area contributed by atoms with E-state index in [9.17, 15) is 14.0 Å². The summed E-state index contributed by atoms with van der Waals surface area (Å²) in [5.74, 6) is -0.333. The zero-order valence-corrected chi connectivity index (χ0v) is 19.1. The molecule has 1 fully saturated rings. The van der Waals surface area contributed by atoms with Gasteiger partial charge in [-0.2, -0.15) is 0 Å². The fourth-order valence-corrected chi connectivity index (χ4v) is 3.92. The van der Waals surface area contributed by atoms with Crippen LogP contribution in [-0.2, 0) is 9.59 Å². The van der Waals surface area contributed by atoms with E-state index in [0.29, 0.717) is 43.2 Å². The molecule has 2 heterocycles. The first-order chi connectivity index (χ1) is 15.9. The van der Waals surface area contributed by atoms with Crippen LogP contribution in [0.5, 0.6) is 11.5 Å². The number of anilines is 1. The fourth-order valence-electron chi connectivity index (χ4n) is 3.64. The number of nitrogens with zero attached hydrogens (tertiary/aromatic N) is 1. The normalized spacial score (nSPS) is 18.5. The van der Waals surface area contributed by atoms with E-state index in [1.165, 1.54) is 12.1 Å². The molecule has 1 atom stereocenters. The first-order valence-electron chi connectivity index (χ1n) is 10.5. The molecule has 11 heteroatoms. The average Bonchev–Trinajstić information content (AvgIpc) is 2.80. The van der Waals surface area contributed by atoms with Crippen LogP contribution in [0, 0.1) is 5.82 Å². The van der Waals surface area contributed by atoms with Gasteiger partial charge in [-0.15, -0.1) is 0 Å². The Morgan fingerprint density at radius 2 is 1.97 bits per heavy atom. The quantitative estimate of drug-likeness (QED) is 0.569. The highest BCUT2D eigenvalue weighted by molar-refractivity contribution is 6.31. The van der Waals surface area contributed by atoms with E-state index in [-0.39, 0.29) is 35.2 Å². The summed E-state index contributed by atoms with van der Waals surface area (Å²) in [6, 6.07) is 9.15. The lowest BCUT2D eigenvalue weighted by molar-refractivity contribution is -0.133. The smallest absolute Gasteiger partial charge is 0.277 e. The second-order valence-corrected chi connectivity index (χ2v) is 8.64. The van der Waals surface area contributed by atoms with Crippen molar-refractivity contribution in [2.45, 2.75) is 25.0 Å². The highest BCUT2D eigenvalue weighted by Gasteiger charge is 2.29. The third-order valence-electron chi connectivity index (χ3n) is 5.37. The second-order valence-electron chi connectivity index (χ2n) is 7.80. The van der Waals surface area contributed by atoms with Crippen LogP contribution in [0.4, 0.5) is 10.1 Å². The summed E-state index contributed by atoms with van der Waals surface area (Å²) in [7, 11) is 0. The molecule has 4 rings (SSSR count). The van der Waals surface area contributed by atoms with Crippen LogP contribution in [0.25, 0.3) is 0 Å². The summed E-state index contributed by atoms with van der Waals surface area (Å²) in [6.45, 7) is 1.26. The van der Waals surface area contributed by atoms with E-state index in [1.54, 1.807) is 18.2 Å². The fraction of sp³-hybridized carbons (Fsp3) is 0.364. The number of fused-ring (bicyclic) bond motifs is 1. The van der Waals surface area contributed by atoms with Gasteiger partial charge in [-0.3, -0.25) is 15.0 Å². The van der Waals surface area contributed by atoms with Crippen molar-refractivity contribution in [1.82, 2.24) is 15.8 Å². The number of nitrogens with one attached hydrogen (secondary N) is 3. The molecule has 2 aliphatic rings. The molecule has 0 spiro atoms. The minimum Gasteiger partial charge on any atom is -0.484 e. The summed E-state index contributed by atoms with van der Waals surface area (Å²) in [6.07, 6.45) is 0.658. The van der Waals surface area contributed by atoms with Crippen molar-refractivity contribution in [3.8, 4) is 11.5 Å². The van der Waals surface area contributed by atoms with Gasteiger partial charge in [0.05, 0.1) is 17.3 Å². The molecule has 176 valence electrons. The van der Waals surface area contributed by atoms with Gasteiger partial charge in [-0.05, 0) is 43.2 Å². The standard InChI is InChI=1S/C22H23Cl2FN4O4/c23-13-1-4-19-18(9-13)26-11-20(33-19)22(31)28-29-7-5-14(6-8-29)27-21(30)12-32-15-2-3-16(24)17(25)10-15/h1-4,9-10,14,20,26H,5-8,11-12H2,(H,27,30)(H,28,31). The summed E-state index contributed by atoms with van der Waals surface area (Å²) in [5.41, 5.74) is 3.64. The Labute approximate surface area is 200 Å². The maximum absolute atomic E-state index is 13.4. The maximum atomic E-state index is 13.4. The molecule has 0 aromatic heterocycles. The molecule has 2 aromatic rings. The van der Waals surface area contributed by atoms with Gasteiger partial charge in [-0.1, -0.05) is 23.2 Å². The van der Waals surface area contributed by atoms with Gasteiger partial charge in [-0.25, -0.2) is 9.40 Å². The predicted octanol–water partition coefficient (Wildman–Crippen LogP) is 3.00. The Hall–Kier alpha value is -2.75. The summed E-state index contributed by atoms with van der Waals surface area (Å²) in [5, 5.41) is 8.46. The maximum Gasteiger partial charge on any atom is 0.277 e. The average molecular weight is 497 g/mol. The molecule has 2 amide bonds. The third kappa shape index (κ3) is 6.19. The number of hydrogen-bond acceptors (Lipinski definition) is 6. The molecular formula is C22H23Cl2FN4O4. The van der Waals surface area contributed by atoms with Crippen LogP contribution in [0.3, 0.4) is 0 Å². The zero-order valence-electron chi connectivity index (χ0n) is 17.6. The first kappa shape index (κ1) is 23.4. The zero-order chi connectivity index (χ0) is 23.4. The van der Waals surface area contributed by atoms with Crippen molar-refractivity contribution in [2.75, 3.05) is 31.6 Å². The number of rotatable bonds is 6. The van der Waals surface area contributed by atoms with Crippen molar-refractivity contribution in [1.29, 1.82) is 0 Å². The number of ether oxygens (including phenoxy) is 2. The number of halogens is 3. The largest absolute Gasteiger partial charge is 0.484 e. The number of carbonyl (C=O) groups is 2. The van der Waals surface area contributed by atoms with Crippen molar-refractivity contribution in [2.24, 2.45) is 0 Å². The van der Waals surface area contributed by atoms with Crippen molar-refractivity contribution >= 4 is 40.7 Å². The number of amides is 2. The number of hydrazine groups is 1. The molecule has 0 radical (unpaired) electrons. The number of benzene rings is 2. The van der Waals surface area contributed by atoms with Gasteiger partial charge in [0, 0.05) is 30.2 Å². The summed E-state index contributed by atoms with van der Waals surface area (Å²) < 4.78 is 24.5. The lowest BCUT2D eigenvalue weighted by Crippen LogP contribution is -2.55. The van der Waals surface area contributed by atoms with E-state index < -0.39 is 11.9 Å². The molecule has 0 aliphatic carbocycles. The van der Waals surface area contributed by atoms with Crippen LogP contribution >= 0.6 is 23.2 Å². The molecule has 1 saturated heterocycles. The molecule has 8 nitrogen and oxygen atoms in total. The molecule has 0 saturated carbocycles. The Balaban J connectivity index is 1.17. The molecule has 1 unspecified atom stereocenters. The van der Waals surface area contributed by atoms with Gasteiger partial charge in [0.15, 0.2) is 12.7 Å². The van der Waals surface area contributed by atoms with Gasteiger partial charge >= 0.3 is 0 Å². The number of carbonyl (C=O) groups excluding carboxylic acids is 2. The molecule has 2 aliphatic heterocycles. The van der Waals surface area contributed by atoms with E-state index >= 15 is 0 Å². The minimum atomic E-state index is -0.661. The van der Waals surface area contributed by atoms with Crippen molar-refractivity contribution < 1.29 is 23.5 Å². The minimum absolute atomic E-state index is 0.00769. The van der Waals surface area contributed by atoms with Crippen LogP contribution < -0.4 is 25.5 Å². The first-order valence-corrected chi connectivity index (χ1v) is 11.3. The summed E-state index contributed by atoms with van der Waals surface area (Å²) >= 11 is 11.6. The van der Waals surface area contributed by atoms with Crippen molar-refractivity contribution in [3.05, 3.63) is 52.3 Å². The second kappa shape index (κ2) is 10.5. The third-order valence-corrected chi connectivity index (χ3v) is 5.91. The van der Waals surface area contributed by atoms with Gasteiger partial charge in [0.2, 0.25) is 0 Å². The Kier molecular flexibility index (Phi) is 7.42. The molecule has 33 heavy (non-hydrogen) atoms. The molecular weight excluding hydrogens is 474 g/mol. The number of hydrogen-bond donors (Lipinski definition) is 3. The summed E-state index contributed by atoms with van der Waals surface area (Å²) in [4.78, 5) is 24.8. The van der Waals surface area contributed by atoms with Gasteiger partial charge in [0.1, 0.15) is 17.3 Å². The Morgan fingerprint density at radius 1 is 1.18 bits per heavy atom. The van der Waals surface area contributed by atoms with E-state index in [1.807, 2.05) is 5.01 Å². The van der Waals surface area contributed by atoms with E-state index in [0.717, 1.165) is 11.8 Å². The van der Waals surface area contributed by atoms with Crippen molar-refractivity contribution in [3.63, 3.8) is 0 Å². The predicted molar refractivity (Wildman–Crippen MR) is 122 cm³/mol. The number of piperidine rings is 1. The monoisotopic (exact) mass is 496 g/mol. The SMILES string of the molecule is O=C(COc1ccc(Cl)c(F)c1)NC1CCN(NC(=O)C2CNc3cc(Cl)ccc3O2)CC1. The van der Waals surface area contributed by atoms with Crippen LogP contribution in [0.15, 0.2) is 36.4 Å². The van der Waals surface area contributed by atoms with Crippen LogP contribution in [0.2, 0.25) is 10.0 Å². The lowest BCUT2D eigenvalue weighted by Gasteiger charge is -2.34. The lowest BCUT2D eigenvalue weighted by atomic mass is 10.1. The van der Waals surface area contributed by atoms with Gasteiger partial charge < -0.3 is 20.1 Å². The van der Waals surface area contributed by atoms with E-state index in [2.05, 4.69) is 16.1 Å². The highest BCUT2D eigenvalue weighted by Crippen LogP contribution is 2.31. The van der Waals surface area contributed by atoms with Gasteiger partial charge in [0.25, 0.3) is 11.8 Å². The molecule has 2 aromatic carbocycles. The highest BCUT2D eigenvalue weighted by atomic mass is 35.5. The Morgan fingerprint density at radius 3 is 2.73 bits per heavy atom. The van der Waals surface area contributed by atoms with Crippen LogP contribution in [0.1, 0.15) is 12.8 Å². The Bertz CT molecular complexity index is 1030. The molecule has 3 N–H and O–H groups in total. The topological polar surface area (TPSA) is 91.9 Å². The molecule has 0 bridgehead atoms.